The van der Waals surface area contributed by atoms with Gasteiger partial charge in [0.15, 0.2) is 0 Å². The van der Waals surface area contributed by atoms with E-state index in [1.807, 2.05) is 12.1 Å². The standard InChI is InChI=1S/C43H45ClN6O8/c1-23-39(52)49-35(43(56)57)18-24-6-15-36(51)32(17-24)33-21-28(19-29-20-31(22-46)58-38(29)33)37(41(54)47-23)50(2)42(55)34(5-3-4-16-45)48-40(53)27-9-7-25(8-10-27)26-11-13-30(44)14-12-26/h6-15,17,19-21,23,34-35,37,51H,3-5,16,18,22,45-46H2,1-2H3,(H,47,54)(H,48,53)(H,49,52)(H,56,57)/t23-,34-,35-,37-/m0/s1. The van der Waals surface area contributed by atoms with E-state index in [1.54, 1.807) is 66.7 Å². The number of carbonyl (C=O) groups is 5. The Bertz CT molecular complexity index is 2350. The molecular weight excluding hydrogens is 764 g/mol. The molecule has 58 heavy (non-hydrogen) atoms. The van der Waals surface area contributed by atoms with Crippen molar-refractivity contribution in [3.63, 3.8) is 0 Å². The summed E-state index contributed by atoms with van der Waals surface area (Å²) in [6, 6.07) is 18.6. The zero-order valence-electron chi connectivity index (χ0n) is 32.0. The number of rotatable bonds is 11. The van der Waals surface area contributed by atoms with Crippen LogP contribution in [-0.4, -0.2) is 76.4 Å². The van der Waals surface area contributed by atoms with E-state index in [0.717, 1.165) is 11.1 Å². The Labute approximate surface area is 339 Å². The maximum atomic E-state index is 14.6. The first kappa shape index (κ1) is 41.4. The molecular formula is C43H45ClN6O8. The van der Waals surface area contributed by atoms with Crippen LogP contribution in [0.15, 0.2) is 89.3 Å². The summed E-state index contributed by atoms with van der Waals surface area (Å²) in [7, 11) is 1.42. The highest BCUT2D eigenvalue weighted by molar-refractivity contribution is 6.30. The van der Waals surface area contributed by atoms with Crippen LogP contribution >= 0.6 is 11.6 Å². The van der Waals surface area contributed by atoms with E-state index in [0.29, 0.717) is 63.4 Å². The second-order valence-corrected chi connectivity index (χ2v) is 14.8. The number of halogens is 1. The molecule has 1 aliphatic rings. The van der Waals surface area contributed by atoms with Crippen LogP contribution < -0.4 is 27.4 Å². The van der Waals surface area contributed by atoms with Gasteiger partial charge in [-0.1, -0.05) is 41.9 Å². The van der Waals surface area contributed by atoms with Crippen molar-refractivity contribution in [1.82, 2.24) is 20.9 Å². The number of furan rings is 1. The third kappa shape index (κ3) is 9.15. The summed E-state index contributed by atoms with van der Waals surface area (Å²) < 4.78 is 6.09. The Morgan fingerprint density at radius 3 is 2.26 bits per heavy atom. The van der Waals surface area contributed by atoms with Crippen LogP contribution in [0.2, 0.25) is 5.02 Å². The van der Waals surface area contributed by atoms with Crippen LogP contribution in [-0.2, 0) is 32.1 Å². The lowest BCUT2D eigenvalue weighted by molar-refractivity contribution is -0.143. The number of phenolic OH excluding ortho intramolecular Hbond substituents is 1. The van der Waals surface area contributed by atoms with Gasteiger partial charge in [0.1, 0.15) is 41.3 Å². The number of amides is 4. The smallest absolute Gasteiger partial charge is 0.326 e. The average molecular weight is 809 g/mol. The van der Waals surface area contributed by atoms with E-state index >= 15 is 0 Å². The highest BCUT2D eigenvalue weighted by Crippen LogP contribution is 2.40. The molecule has 0 aliphatic carbocycles. The highest BCUT2D eigenvalue weighted by Gasteiger charge is 2.36. The number of phenols is 1. The van der Waals surface area contributed by atoms with E-state index in [-0.39, 0.29) is 30.7 Å². The number of nitrogens with zero attached hydrogens (tertiary/aromatic N) is 1. The van der Waals surface area contributed by atoms with Crippen molar-refractivity contribution in [2.45, 2.75) is 63.3 Å². The summed E-state index contributed by atoms with van der Waals surface area (Å²) >= 11 is 6.04. The number of nitrogens with one attached hydrogen (secondary N) is 3. The third-order valence-corrected chi connectivity index (χ3v) is 10.5. The molecule has 302 valence electrons. The van der Waals surface area contributed by atoms with Crippen molar-refractivity contribution in [3.05, 3.63) is 112 Å². The topological polar surface area (TPSA) is 230 Å². The second-order valence-electron chi connectivity index (χ2n) is 14.3. The number of fused-ring (bicyclic) bond motifs is 7. The van der Waals surface area contributed by atoms with Crippen LogP contribution in [0.25, 0.3) is 33.2 Å². The molecule has 1 aromatic heterocycles. The van der Waals surface area contributed by atoms with Gasteiger partial charge in [-0.3, -0.25) is 19.2 Å². The van der Waals surface area contributed by atoms with Gasteiger partial charge in [-0.15, -0.1) is 0 Å². The molecule has 6 rings (SSSR count). The van der Waals surface area contributed by atoms with Crippen LogP contribution in [0.4, 0.5) is 0 Å². The van der Waals surface area contributed by atoms with Crippen LogP contribution in [0.3, 0.4) is 0 Å². The summed E-state index contributed by atoms with van der Waals surface area (Å²) in [5.74, 6) is -3.71. The molecule has 2 heterocycles. The number of hydrogen-bond donors (Lipinski definition) is 7. The highest BCUT2D eigenvalue weighted by atomic mass is 35.5. The molecule has 0 unspecified atom stereocenters. The van der Waals surface area contributed by atoms with Gasteiger partial charge < -0.3 is 46.9 Å². The number of benzene rings is 4. The molecule has 4 atom stereocenters. The van der Waals surface area contributed by atoms with Crippen molar-refractivity contribution in [2.75, 3.05) is 13.6 Å². The molecule has 4 aromatic carbocycles. The minimum Gasteiger partial charge on any atom is -0.507 e. The normalized spacial score (nSPS) is 17.4. The van der Waals surface area contributed by atoms with Gasteiger partial charge in [0, 0.05) is 40.6 Å². The lowest BCUT2D eigenvalue weighted by Gasteiger charge is -2.32. The first-order valence-corrected chi connectivity index (χ1v) is 19.2. The molecule has 1 aliphatic heterocycles. The summed E-state index contributed by atoms with van der Waals surface area (Å²) in [5.41, 5.74) is 15.5. The number of carboxylic acids is 1. The van der Waals surface area contributed by atoms with E-state index in [1.165, 1.54) is 24.9 Å². The fourth-order valence-electron chi connectivity index (χ4n) is 7.08. The molecule has 4 bridgehead atoms. The number of aromatic hydroxyl groups is 1. The van der Waals surface area contributed by atoms with Gasteiger partial charge in [0.25, 0.3) is 5.91 Å². The molecule has 0 spiro atoms. The van der Waals surface area contributed by atoms with Crippen molar-refractivity contribution in [2.24, 2.45) is 11.5 Å². The molecule has 0 saturated heterocycles. The number of unbranched alkanes of at least 4 members (excludes halogenated alkanes) is 1. The lowest BCUT2D eigenvalue weighted by atomic mass is 9.92. The molecule has 14 nitrogen and oxygen atoms in total. The second kappa shape index (κ2) is 17.9. The molecule has 9 N–H and O–H groups in total. The third-order valence-electron chi connectivity index (χ3n) is 10.2. The van der Waals surface area contributed by atoms with Crippen molar-refractivity contribution in [3.8, 4) is 28.0 Å². The predicted octanol–water partition coefficient (Wildman–Crippen LogP) is 4.64. The van der Waals surface area contributed by atoms with Crippen LogP contribution in [0.1, 0.15) is 59.5 Å². The fourth-order valence-corrected chi connectivity index (χ4v) is 7.20. The van der Waals surface area contributed by atoms with E-state index in [2.05, 4.69) is 16.0 Å². The van der Waals surface area contributed by atoms with E-state index in [4.69, 9.17) is 27.5 Å². The average Bonchev–Trinajstić information content (AvgIpc) is 3.64. The van der Waals surface area contributed by atoms with E-state index in [9.17, 15) is 34.2 Å². The Balaban J connectivity index is 1.41. The minimum absolute atomic E-state index is 0.0391. The Morgan fingerprint density at radius 1 is 0.914 bits per heavy atom. The number of nitrogens with two attached hydrogens (primary N) is 2. The van der Waals surface area contributed by atoms with Gasteiger partial charge in [0.2, 0.25) is 17.7 Å². The fraction of sp³-hybridized carbons (Fsp3) is 0.279. The summed E-state index contributed by atoms with van der Waals surface area (Å²) in [6.07, 6.45) is 1.12. The van der Waals surface area contributed by atoms with Gasteiger partial charge in [-0.05, 0) is 110 Å². The summed E-state index contributed by atoms with van der Waals surface area (Å²) in [5, 5.41) is 30.3. The zero-order chi connectivity index (χ0) is 41.7. The summed E-state index contributed by atoms with van der Waals surface area (Å²) in [6.45, 7) is 1.80. The number of aliphatic carboxylic acids is 1. The van der Waals surface area contributed by atoms with Crippen molar-refractivity contribution >= 4 is 52.2 Å². The predicted molar refractivity (Wildman–Crippen MR) is 219 cm³/mol. The molecule has 0 fully saturated rings. The Hall–Kier alpha value is -6.22. The Morgan fingerprint density at radius 2 is 1.60 bits per heavy atom. The number of likely N-dealkylation sites (N-methyl/N-ethyl adjacent to an activating group) is 1. The maximum absolute atomic E-state index is 14.6. The number of carboxylic acid groups (broad SMARTS) is 1. The first-order valence-electron chi connectivity index (χ1n) is 18.8. The van der Waals surface area contributed by atoms with Crippen molar-refractivity contribution < 1.29 is 38.6 Å². The lowest BCUT2D eigenvalue weighted by Crippen LogP contribution is -2.54. The molecule has 5 aromatic rings. The summed E-state index contributed by atoms with van der Waals surface area (Å²) in [4.78, 5) is 69.6. The quantitative estimate of drug-likeness (QED) is 0.0914. The van der Waals surface area contributed by atoms with Crippen LogP contribution in [0, 0.1) is 0 Å². The maximum Gasteiger partial charge on any atom is 0.326 e. The van der Waals surface area contributed by atoms with Crippen LogP contribution in [0.5, 0.6) is 5.75 Å². The van der Waals surface area contributed by atoms with Gasteiger partial charge in [-0.2, -0.15) is 0 Å². The molecule has 4 amide bonds. The monoisotopic (exact) mass is 808 g/mol. The molecule has 0 saturated carbocycles. The van der Waals surface area contributed by atoms with Gasteiger partial charge in [-0.25, -0.2) is 4.79 Å². The number of carbonyl (C=O) groups excluding carboxylic acids is 4. The molecule has 15 heteroatoms. The first-order chi connectivity index (χ1) is 27.8. The van der Waals surface area contributed by atoms with E-state index < -0.39 is 53.8 Å². The zero-order valence-corrected chi connectivity index (χ0v) is 32.7. The van der Waals surface area contributed by atoms with Crippen molar-refractivity contribution in [1.29, 1.82) is 0 Å². The number of hydrogen-bond acceptors (Lipinski definition) is 9. The largest absolute Gasteiger partial charge is 0.507 e. The molecule has 0 radical (unpaired) electrons. The Kier molecular flexibility index (Phi) is 12.8. The SMILES string of the molecule is C[C@@H]1NC(=O)[C@@H](N(C)C(=O)[C@H](CCCCN)NC(=O)c2ccc(-c3ccc(Cl)cc3)cc2)c2cc(c3oc(CN)cc3c2)-c2cc(ccc2O)C[C@@H](C(=O)O)NC1=O. The minimum atomic E-state index is -1.40. The van der Waals surface area contributed by atoms with Gasteiger partial charge in [0.05, 0.1) is 6.54 Å². The van der Waals surface area contributed by atoms with Gasteiger partial charge >= 0.3 is 5.97 Å².